The zero-order chi connectivity index (χ0) is 14.4. The van der Waals surface area contributed by atoms with E-state index < -0.39 is 0 Å². The fraction of sp³-hybridized carbons (Fsp3) is 0.857. The smallest absolute Gasteiger partial charge is 0.0964 e. The minimum absolute atomic E-state index is 0.331. The summed E-state index contributed by atoms with van der Waals surface area (Å²) in [7, 11) is 0. The van der Waals surface area contributed by atoms with Gasteiger partial charge in [-0.05, 0) is 19.9 Å². The Balaban J connectivity index is 1.82. The van der Waals surface area contributed by atoms with E-state index in [1.54, 1.807) is 0 Å². The first-order valence-electron chi connectivity index (χ1n) is 7.68. The van der Waals surface area contributed by atoms with Crippen LogP contribution in [0.5, 0.6) is 0 Å². The number of aromatic nitrogens is 3. The molecule has 1 fully saturated rings. The van der Waals surface area contributed by atoms with E-state index in [2.05, 4.69) is 41.3 Å². The molecule has 0 amide bonds. The summed E-state index contributed by atoms with van der Waals surface area (Å²) in [6, 6.07) is 0.538. The van der Waals surface area contributed by atoms with Gasteiger partial charge in [-0.15, -0.1) is 5.10 Å². The molecular weight excluding hydrogens is 254 g/mol. The van der Waals surface area contributed by atoms with Crippen LogP contribution in [0.25, 0.3) is 0 Å². The summed E-state index contributed by atoms with van der Waals surface area (Å²) in [5.74, 6) is 0. The fourth-order valence-electron chi connectivity index (χ4n) is 2.58. The van der Waals surface area contributed by atoms with Gasteiger partial charge >= 0.3 is 0 Å². The zero-order valence-electron chi connectivity index (χ0n) is 12.9. The van der Waals surface area contributed by atoms with Gasteiger partial charge in [-0.3, -0.25) is 9.58 Å². The van der Waals surface area contributed by atoms with Crippen LogP contribution in [0, 0.1) is 0 Å². The normalized spacial score (nSPS) is 24.1. The third-order valence-corrected chi connectivity index (χ3v) is 3.81. The molecule has 1 aliphatic heterocycles. The first-order chi connectivity index (χ1) is 9.72. The standard InChI is InChI=1S/C14H27N5O/c1-4-14-11-20-12(3)9-18(14)6-7-19-10-13(16-17-19)8-15-5-2/h10,12,14-15H,4-9,11H2,1-3H3. The summed E-state index contributed by atoms with van der Waals surface area (Å²) >= 11 is 0. The lowest BCUT2D eigenvalue weighted by Gasteiger charge is -2.38. The number of ether oxygens (including phenoxy) is 1. The lowest BCUT2D eigenvalue weighted by Crippen LogP contribution is -2.49. The van der Waals surface area contributed by atoms with Gasteiger partial charge in [0.15, 0.2) is 0 Å². The number of nitrogens with one attached hydrogen (secondary N) is 1. The molecule has 1 aliphatic rings. The van der Waals surface area contributed by atoms with Crippen molar-refractivity contribution in [3.05, 3.63) is 11.9 Å². The topological polar surface area (TPSA) is 55.2 Å². The maximum absolute atomic E-state index is 5.73. The number of nitrogens with zero attached hydrogens (tertiary/aromatic N) is 4. The summed E-state index contributed by atoms with van der Waals surface area (Å²) in [5, 5.41) is 11.6. The van der Waals surface area contributed by atoms with Crippen LogP contribution in [0.4, 0.5) is 0 Å². The summed E-state index contributed by atoms with van der Waals surface area (Å²) < 4.78 is 7.67. The van der Waals surface area contributed by atoms with Crippen molar-refractivity contribution in [2.45, 2.75) is 52.4 Å². The molecular formula is C14H27N5O. The Morgan fingerprint density at radius 1 is 1.40 bits per heavy atom. The number of morpholine rings is 1. The summed E-state index contributed by atoms with van der Waals surface area (Å²) in [6.07, 6.45) is 3.50. The molecule has 0 aliphatic carbocycles. The van der Waals surface area contributed by atoms with E-state index in [9.17, 15) is 0 Å². The maximum Gasteiger partial charge on any atom is 0.0964 e. The van der Waals surface area contributed by atoms with E-state index in [1.165, 1.54) is 0 Å². The molecule has 2 unspecified atom stereocenters. The Labute approximate surface area is 121 Å². The number of hydrogen-bond acceptors (Lipinski definition) is 5. The molecule has 1 N–H and O–H groups in total. The highest BCUT2D eigenvalue weighted by molar-refractivity contribution is 4.91. The van der Waals surface area contributed by atoms with Crippen LogP contribution >= 0.6 is 0 Å². The van der Waals surface area contributed by atoms with E-state index in [0.29, 0.717) is 12.1 Å². The second-order valence-electron chi connectivity index (χ2n) is 5.45. The third kappa shape index (κ3) is 4.26. The average Bonchev–Trinajstić information content (AvgIpc) is 2.91. The van der Waals surface area contributed by atoms with Crippen LogP contribution in [0.3, 0.4) is 0 Å². The largest absolute Gasteiger partial charge is 0.376 e. The Bertz CT molecular complexity index is 395. The summed E-state index contributed by atoms with van der Waals surface area (Å²) in [6.45, 7) is 12.0. The molecule has 114 valence electrons. The second kappa shape index (κ2) is 7.71. The van der Waals surface area contributed by atoms with Gasteiger partial charge < -0.3 is 10.1 Å². The second-order valence-corrected chi connectivity index (χ2v) is 5.45. The average molecular weight is 281 g/mol. The van der Waals surface area contributed by atoms with Gasteiger partial charge in [0.2, 0.25) is 0 Å². The first kappa shape index (κ1) is 15.4. The minimum atomic E-state index is 0.331. The molecule has 2 atom stereocenters. The van der Waals surface area contributed by atoms with Crippen molar-refractivity contribution in [1.82, 2.24) is 25.2 Å². The van der Waals surface area contributed by atoms with Crippen LogP contribution in [-0.4, -0.2) is 58.3 Å². The van der Waals surface area contributed by atoms with Crippen molar-refractivity contribution >= 4 is 0 Å². The predicted octanol–water partition coefficient (Wildman–Crippen LogP) is 0.887. The quantitative estimate of drug-likeness (QED) is 0.804. The fourth-order valence-corrected chi connectivity index (χ4v) is 2.58. The molecule has 0 bridgehead atoms. The van der Waals surface area contributed by atoms with Crippen molar-refractivity contribution in [2.24, 2.45) is 0 Å². The molecule has 6 heteroatoms. The zero-order valence-corrected chi connectivity index (χ0v) is 12.9. The Hall–Kier alpha value is -0.980. The van der Waals surface area contributed by atoms with Gasteiger partial charge in [0, 0.05) is 31.9 Å². The van der Waals surface area contributed by atoms with E-state index in [-0.39, 0.29) is 0 Å². The number of hydrogen-bond donors (Lipinski definition) is 1. The van der Waals surface area contributed by atoms with E-state index in [1.807, 2.05) is 10.9 Å². The van der Waals surface area contributed by atoms with Gasteiger partial charge in [-0.25, -0.2) is 0 Å². The first-order valence-corrected chi connectivity index (χ1v) is 7.68. The van der Waals surface area contributed by atoms with Crippen LogP contribution in [0.1, 0.15) is 32.9 Å². The predicted molar refractivity (Wildman–Crippen MR) is 78.5 cm³/mol. The van der Waals surface area contributed by atoms with Crippen LogP contribution in [-0.2, 0) is 17.8 Å². The molecule has 0 aromatic carbocycles. The maximum atomic E-state index is 5.73. The molecule has 0 saturated carbocycles. The molecule has 1 aromatic rings. The highest BCUT2D eigenvalue weighted by Gasteiger charge is 2.25. The van der Waals surface area contributed by atoms with Crippen LogP contribution in [0.15, 0.2) is 6.20 Å². The highest BCUT2D eigenvalue weighted by atomic mass is 16.5. The summed E-state index contributed by atoms with van der Waals surface area (Å²) in [5.41, 5.74) is 1.01. The van der Waals surface area contributed by atoms with Crippen molar-refractivity contribution in [3.63, 3.8) is 0 Å². The third-order valence-electron chi connectivity index (χ3n) is 3.81. The molecule has 2 heterocycles. The van der Waals surface area contributed by atoms with E-state index >= 15 is 0 Å². The van der Waals surface area contributed by atoms with E-state index in [0.717, 1.165) is 51.4 Å². The van der Waals surface area contributed by atoms with Gasteiger partial charge in [0.05, 0.1) is 24.9 Å². The van der Waals surface area contributed by atoms with Crippen molar-refractivity contribution in [2.75, 3.05) is 26.2 Å². The van der Waals surface area contributed by atoms with Gasteiger partial charge in [0.25, 0.3) is 0 Å². The Kier molecular flexibility index (Phi) is 5.94. The van der Waals surface area contributed by atoms with Gasteiger partial charge in [-0.1, -0.05) is 19.1 Å². The monoisotopic (exact) mass is 281 g/mol. The molecule has 1 saturated heterocycles. The van der Waals surface area contributed by atoms with Crippen LogP contribution in [0.2, 0.25) is 0 Å². The SMILES string of the molecule is CCNCc1cn(CCN2CC(C)OCC2CC)nn1. The highest BCUT2D eigenvalue weighted by Crippen LogP contribution is 2.14. The lowest BCUT2D eigenvalue weighted by molar-refractivity contribution is -0.0569. The summed E-state index contributed by atoms with van der Waals surface area (Å²) in [4.78, 5) is 2.51. The molecule has 0 spiro atoms. The number of rotatable bonds is 7. The molecule has 0 radical (unpaired) electrons. The van der Waals surface area contributed by atoms with Crippen LogP contribution < -0.4 is 5.32 Å². The molecule has 6 nitrogen and oxygen atoms in total. The van der Waals surface area contributed by atoms with Gasteiger partial charge in [-0.2, -0.15) is 0 Å². The molecule has 1 aromatic heterocycles. The minimum Gasteiger partial charge on any atom is -0.376 e. The Morgan fingerprint density at radius 3 is 3.00 bits per heavy atom. The van der Waals surface area contributed by atoms with E-state index in [4.69, 9.17) is 4.74 Å². The Morgan fingerprint density at radius 2 is 2.25 bits per heavy atom. The van der Waals surface area contributed by atoms with Crippen molar-refractivity contribution in [1.29, 1.82) is 0 Å². The molecule has 2 rings (SSSR count). The van der Waals surface area contributed by atoms with Crippen molar-refractivity contribution in [3.8, 4) is 0 Å². The molecule has 20 heavy (non-hydrogen) atoms. The van der Waals surface area contributed by atoms with Crippen molar-refractivity contribution < 1.29 is 4.74 Å². The van der Waals surface area contributed by atoms with Gasteiger partial charge in [0.1, 0.15) is 0 Å². The lowest BCUT2D eigenvalue weighted by atomic mass is 10.1.